The Hall–Kier alpha value is -3.60. The average Bonchev–Trinajstić information content (AvgIpc) is 3.45. The molecule has 2 aromatic carbocycles. The van der Waals surface area contributed by atoms with Crippen LogP contribution in [0.2, 0.25) is 15.1 Å². The number of carbonyl (C=O) groups excluding carboxylic acids is 1. The van der Waals surface area contributed by atoms with E-state index in [9.17, 15) is 14.9 Å². The number of hydrogen-bond donors (Lipinski definition) is 1. The molecule has 0 spiro atoms. The highest BCUT2D eigenvalue weighted by Crippen LogP contribution is 2.29. The summed E-state index contributed by atoms with van der Waals surface area (Å²) in [7, 11) is 0. The Morgan fingerprint density at radius 3 is 2.44 bits per heavy atom. The maximum absolute atomic E-state index is 12.5. The van der Waals surface area contributed by atoms with E-state index in [4.69, 9.17) is 39.5 Å². The Kier molecular flexibility index (Phi) is 7.01. The topological polar surface area (TPSA) is 117 Å². The van der Waals surface area contributed by atoms with Crippen molar-refractivity contribution in [3.05, 3.63) is 97.4 Å². The molecule has 0 aliphatic rings. The van der Waals surface area contributed by atoms with E-state index in [0.29, 0.717) is 22.4 Å². The van der Waals surface area contributed by atoms with E-state index in [2.05, 4.69) is 15.5 Å². The van der Waals surface area contributed by atoms with E-state index in [0.717, 1.165) is 5.56 Å². The van der Waals surface area contributed by atoms with E-state index in [1.165, 1.54) is 28.9 Å². The summed E-state index contributed by atoms with van der Waals surface area (Å²) in [6, 6.07) is 12.3. The number of nitrogens with zero attached hydrogens (tertiary/aromatic N) is 5. The Morgan fingerprint density at radius 2 is 1.74 bits per heavy atom. The van der Waals surface area contributed by atoms with Crippen molar-refractivity contribution < 1.29 is 14.5 Å². The van der Waals surface area contributed by atoms with Crippen LogP contribution < -0.4 is 10.1 Å². The normalized spacial score (nSPS) is 10.8. The summed E-state index contributed by atoms with van der Waals surface area (Å²) in [6.45, 7) is 0.281. The van der Waals surface area contributed by atoms with Crippen molar-refractivity contribution in [2.24, 2.45) is 0 Å². The van der Waals surface area contributed by atoms with Gasteiger partial charge in [0, 0.05) is 46.2 Å². The van der Waals surface area contributed by atoms with Gasteiger partial charge in [-0.3, -0.25) is 19.6 Å². The molecule has 0 aliphatic carbocycles. The first-order valence-electron chi connectivity index (χ1n) is 9.68. The smallest absolute Gasteiger partial charge is 0.277 e. The maximum Gasteiger partial charge on any atom is 0.277 e. The second-order valence-electron chi connectivity index (χ2n) is 6.94. The highest BCUT2D eigenvalue weighted by atomic mass is 35.5. The van der Waals surface area contributed by atoms with Gasteiger partial charge in [0.05, 0.1) is 16.5 Å². The summed E-state index contributed by atoms with van der Waals surface area (Å²) in [4.78, 5) is 22.8. The standard InChI is InChI=1S/C21H15Cl3N6O4/c22-15-2-1-3-16(23)14(15)11-28-9-7-20(27-28)25-21(31)18-6-8-29(26-18)12-34-19-5-4-13(30(32)33)10-17(19)24/h1-10H,11-12H2,(H,25,27,31). The summed E-state index contributed by atoms with van der Waals surface area (Å²) in [5.41, 5.74) is 0.716. The fourth-order valence-electron chi connectivity index (χ4n) is 2.95. The van der Waals surface area contributed by atoms with Crippen molar-refractivity contribution in [1.82, 2.24) is 19.6 Å². The first-order valence-corrected chi connectivity index (χ1v) is 10.8. The third-order valence-corrected chi connectivity index (χ3v) is 5.62. The molecule has 34 heavy (non-hydrogen) atoms. The average molecular weight is 522 g/mol. The summed E-state index contributed by atoms with van der Waals surface area (Å²) >= 11 is 18.4. The molecule has 0 aliphatic heterocycles. The fourth-order valence-corrected chi connectivity index (χ4v) is 3.70. The zero-order valence-electron chi connectivity index (χ0n) is 17.2. The van der Waals surface area contributed by atoms with Crippen LogP contribution in [-0.4, -0.2) is 30.4 Å². The predicted molar refractivity (Wildman–Crippen MR) is 127 cm³/mol. The van der Waals surface area contributed by atoms with Gasteiger partial charge in [-0.1, -0.05) is 40.9 Å². The zero-order chi connectivity index (χ0) is 24.2. The van der Waals surface area contributed by atoms with Crippen molar-refractivity contribution in [3.63, 3.8) is 0 Å². The van der Waals surface area contributed by atoms with E-state index >= 15 is 0 Å². The number of benzene rings is 2. The molecule has 4 aromatic rings. The molecule has 0 saturated heterocycles. The lowest BCUT2D eigenvalue weighted by molar-refractivity contribution is -0.384. The molecular formula is C21H15Cl3N6O4. The van der Waals surface area contributed by atoms with Crippen LogP contribution in [0, 0.1) is 10.1 Å². The lowest BCUT2D eigenvalue weighted by Crippen LogP contribution is -2.15. The fraction of sp³-hybridized carbons (Fsp3) is 0.0952. The molecule has 0 fully saturated rings. The third kappa shape index (κ3) is 5.48. The maximum atomic E-state index is 12.5. The van der Waals surface area contributed by atoms with Crippen LogP contribution in [0.5, 0.6) is 5.75 Å². The minimum Gasteiger partial charge on any atom is -0.470 e. The molecule has 10 nitrogen and oxygen atoms in total. The lowest BCUT2D eigenvalue weighted by Gasteiger charge is -2.07. The van der Waals surface area contributed by atoms with Gasteiger partial charge in [0.25, 0.3) is 11.6 Å². The van der Waals surface area contributed by atoms with Crippen LogP contribution >= 0.6 is 34.8 Å². The van der Waals surface area contributed by atoms with Gasteiger partial charge in [-0.2, -0.15) is 10.2 Å². The van der Waals surface area contributed by atoms with Crippen LogP contribution in [-0.2, 0) is 13.3 Å². The van der Waals surface area contributed by atoms with E-state index < -0.39 is 10.8 Å². The number of aromatic nitrogens is 4. The van der Waals surface area contributed by atoms with Crippen LogP contribution in [0.25, 0.3) is 0 Å². The molecule has 13 heteroatoms. The van der Waals surface area contributed by atoms with Crippen molar-refractivity contribution in [2.45, 2.75) is 13.3 Å². The predicted octanol–water partition coefficient (Wildman–Crippen LogP) is 5.29. The van der Waals surface area contributed by atoms with Crippen LogP contribution in [0.1, 0.15) is 16.1 Å². The van der Waals surface area contributed by atoms with Crippen LogP contribution in [0.15, 0.2) is 60.9 Å². The minimum absolute atomic E-state index is 0.0575. The SMILES string of the molecule is O=C(Nc1ccn(Cc2c(Cl)cccc2Cl)n1)c1ccn(COc2ccc([N+](=O)[O-])cc2Cl)n1. The minimum atomic E-state index is -0.553. The Bertz CT molecular complexity index is 1350. The number of nitrogens with one attached hydrogen (secondary N) is 1. The van der Waals surface area contributed by atoms with Crippen molar-refractivity contribution >= 4 is 52.2 Å². The molecule has 0 saturated carbocycles. The largest absolute Gasteiger partial charge is 0.470 e. The number of carbonyl (C=O) groups is 1. The van der Waals surface area contributed by atoms with Gasteiger partial charge in [-0.05, 0) is 24.3 Å². The Balaban J connectivity index is 1.35. The molecule has 174 valence electrons. The Morgan fingerprint density at radius 1 is 1.00 bits per heavy atom. The molecule has 4 rings (SSSR count). The van der Waals surface area contributed by atoms with Gasteiger partial charge in [-0.25, -0.2) is 4.68 Å². The summed E-state index contributed by atoms with van der Waals surface area (Å²) in [5, 5.41) is 23.1. The van der Waals surface area contributed by atoms with Crippen LogP contribution in [0.4, 0.5) is 11.5 Å². The number of halogens is 3. The molecule has 1 N–H and O–H groups in total. The number of nitro groups is 1. The van der Waals surface area contributed by atoms with Crippen molar-refractivity contribution in [1.29, 1.82) is 0 Å². The van der Waals surface area contributed by atoms with Gasteiger partial charge in [0.2, 0.25) is 0 Å². The molecule has 0 atom stereocenters. The van der Waals surface area contributed by atoms with Gasteiger partial charge in [0.15, 0.2) is 18.2 Å². The first-order chi connectivity index (χ1) is 16.3. The van der Waals surface area contributed by atoms with Gasteiger partial charge in [-0.15, -0.1) is 0 Å². The van der Waals surface area contributed by atoms with Gasteiger partial charge >= 0.3 is 0 Å². The third-order valence-electron chi connectivity index (χ3n) is 4.62. The quantitative estimate of drug-likeness (QED) is 0.249. The molecule has 2 heterocycles. The highest BCUT2D eigenvalue weighted by molar-refractivity contribution is 6.36. The number of non-ortho nitro benzene ring substituents is 1. The number of ether oxygens (including phenoxy) is 1. The summed E-state index contributed by atoms with van der Waals surface area (Å²) in [5.74, 6) is 0.114. The zero-order valence-corrected chi connectivity index (χ0v) is 19.5. The lowest BCUT2D eigenvalue weighted by atomic mass is 10.2. The van der Waals surface area contributed by atoms with E-state index in [-0.39, 0.29) is 28.9 Å². The van der Waals surface area contributed by atoms with Crippen molar-refractivity contribution in [3.8, 4) is 5.75 Å². The highest BCUT2D eigenvalue weighted by Gasteiger charge is 2.14. The van der Waals surface area contributed by atoms with E-state index in [1.807, 2.05) is 0 Å². The summed E-state index contributed by atoms with van der Waals surface area (Å²) < 4.78 is 8.50. The molecule has 2 aromatic heterocycles. The number of anilines is 1. The molecule has 0 radical (unpaired) electrons. The number of rotatable bonds is 8. The number of amides is 1. The second kappa shape index (κ2) is 10.1. The monoisotopic (exact) mass is 520 g/mol. The Labute approximate surface area is 207 Å². The van der Waals surface area contributed by atoms with Gasteiger partial charge in [0.1, 0.15) is 5.75 Å². The summed E-state index contributed by atoms with van der Waals surface area (Å²) in [6.07, 6.45) is 3.24. The van der Waals surface area contributed by atoms with E-state index in [1.54, 1.807) is 41.3 Å². The molecule has 0 unspecified atom stereocenters. The first kappa shape index (κ1) is 23.6. The second-order valence-corrected chi connectivity index (χ2v) is 8.16. The molecular weight excluding hydrogens is 507 g/mol. The number of hydrogen-bond acceptors (Lipinski definition) is 6. The molecule has 1 amide bonds. The molecule has 0 bridgehead atoms. The van der Waals surface area contributed by atoms with Crippen LogP contribution in [0.3, 0.4) is 0 Å². The van der Waals surface area contributed by atoms with Crippen molar-refractivity contribution in [2.75, 3.05) is 5.32 Å². The number of nitro benzene ring substituents is 1. The van der Waals surface area contributed by atoms with Gasteiger partial charge < -0.3 is 10.1 Å².